The van der Waals surface area contributed by atoms with Crippen LogP contribution < -0.4 is 5.32 Å². The molecule has 2 aromatic heterocycles. The summed E-state index contributed by atoms with van der Waals surface area (Å²) >= 11 is 3.00. The minimum atomic E-state index is -0.0254. The number of hydrogen-bond acceptors (Lipinski definition) is 5. The van der Waals surface area contributed by atoms with Crippen molar-refractivity contribution in [2.45, 2.75) is 11.7 Å². The second-order valence-corrected chi connectivity index (χ2v) is 6.49. The van der Waals surface area contributed by atoms with Crippen LogP contribution in [0.3, 0.4) is 0 Å². The average Bonchev–Trinajstić information content (AvgIpc) is 3.14. The maximum absolute atomic E-state index is 12.0. The molecule has 0 atom stereocenters. The number of rotatable bonds is 6. The Bertz CT molecular complexity index is 761. The Kier molecular flexibility index (Phi) is 5.39. The van der Waals surface area contributed by atoms with Crippen molar-refractivity contribution in [1.29, 1.82) is 0 Å². The zero-order valence-corrected chi connectivity index (χ0v) is 13.9. The molecule has 0 spiro atoms. The first-order valence-corrected chi connectivity index (χ1v) is 9.03. The minimum absolute atomic E-state index is 0.0254. The van der Waals surface area contributed by atoms with Crippen molar-refractivity contribution in [1.82, 2.24) is 15.3 Å². The third-order valence-electron chi connectivity index (χ3n) is 3.20. The largest absolute Gasteiger partial charge is 0.351 e. The Morgan fingerprint density at radius 1 is 1.13 bits per heavy atom. The monoisotopic (exact) mass is 341 g/mol. The third kappa shape index (κ3) is 4.40. The fraction of sp³-hybridized carbons (Fsp3) is 0.118. The van der Waals surface area contributed by atoms with E-state index in [1.165, 1.54) is 17.3 Å². The highest BCUT2D eigenvalue weighted by Crippen LogP contribution is 2.25. The number of thioether (sulfide) groups is 1. The van der Waals surface area contributed by atoms with Gasteiger partial charge < -0.3 is 5.32 Å². The number of benzene rings is 1. The molecular weight excluding hydrogens is 326 g/mol. The molecule has 2 heterocycles. The van der Waals surface area contributed by atoms with Crippen molar-refractivity contribution in [3.05, 3.63) is 65.1 Å². The van der Waals surface area contributed by atoms with Gasteiger partial charge in [-0.2, -0.15) is 11.3 Å². The maximum Gasteiger partial charge on any atom is 0.230 e. The lowest BCUT2D eigenvalue weighted by Gasteiger charge is -2.09. The predicted octanol–water partition coefficient (Wildman–Crippen LogP) is 3.61. The number of carbonyl (C=O) groups is 1. The van der Waals surface area contributed by atoms with Gasteiger partial charge in [-0.25, -0.2) is 9.97 Å². The molecule has 0 saturated heterocycles. The van der Waals surface area contributed by atoms with Gasteiger partial charge in [-0.1, -0.05) is 36.0 Å². The summed E-state index contributed by atoms with van der Waals surface area (Å²) in [6, 6.07) is 12.0. The number of hydrogen-bond donors (Lipinski definition) is 1. The van der Waals surface area contributed by atoms with Crippen LogP contribution in [-0.2, 0) is 11.3 Å². The molecule has 0 fully saturated rings. The van der Waals surface area contributed by atoms with Crippen LogP contribution in [0.5, 0.6) is 0 Å². The molecular formula is C17H15N3OS2. The Labute approximate surface area is 143 Å². The molecule has 3 rings (SSSR count). The highest BCUT2D eigenvalue weighted by molar-refractivity contribution is 7.99. The van der Waals surface area contributed by atoms with E-state index in [4.69, 9.17) is 0 Å². The first-order valence-electron chi connectivity index (χ1n) is 7.10. The number of carbonyl (C=O) groups excluding carboxylic acids is 1. The molecule has 0 bridgehead atoms. The second-order valence-electron chi connectivity index (χ2n) is 4.77. The molecule has 1 aromatic carbocycles. The molecule has 3 aromatic rings. The van der Waals surface area contributed by atoms with E-state index in [1.54, 1.807) is 29.8 Å². The Hall–Kier alpha value is -2.18. The van der Waals surface area contributed by atoms with Crippen LogP contribution in [0.25, 0.3) is 11.1 Å². The highest BCUT2D eigenvalue weighted by atomic mass is 32.2. The van der Waals surface area contributed by atoms with E-state index in [-0.39, 0.29) is 5.91 Å². The molecule has 23 heavy (non-hydrogen) atoms. The summed E-state index contributed by atoms with van der Waals surface area (Å²) in [6.45, 7) is 0.515. The van der Waals surface area contributed by atoms with E-state index >= 15 is 0 Å². The van der Waals surface area contributed by atoms with Crippen molar-refractivity contribution in [2.24, 2.45) is 0 Å². The van der Waals surface area contributed by atoms with Crippen LogP contribution in [0.15, 0.2) is 64.7 Å². The van der Waals surface area contributed by atoms with Gasteiger partial charge in [0.2, 0.25) is 5.91 Å². The van der Waals surface area contributed by atoms with Crippen LogP contribution >= 0.6 is 23.1 Å². The molecule has 4 nitrogen and oxygen atoms in total. The van der Waals surface area contributed by atoms with Gasteiger partial charge in [-0.3, -0.25) is 4.79 Å². The zero-order chi connectivity index (χ0) is 15.9. The van der Waals surface area contributed by atoms with Crippen LogP contribution in [0.1, 0.15) is 5.56 Å². The summed E-state index contributed by atoms with van der Waals surface area (Å²) in [5.41, 5.74) is 3.46. The summed E-state index contributed by atoms with van der Waals surface area (Å²) in [4.78, 5) is 20.2. The van der Waals surface area contributed by atoms with Crippen molar-refractivity contribution in [2.75, 3.05) is 5.75 Å². The summed E-state index contributed by atoms with van der Waals surface area (Å²) in [5.74, 6) is 0.285. The zero-order valence-electron chi connectivity index (χ0n) is 12.3. The number of nitrogens with zero attached hydrogens (tertiary/aromatic N) is 2. The average molecular weight is 341 g/mol. The fourth-order valence-electron chi connectivity index (χ4n) is 2.11. The molecule has 0 aliphatic rings. The van der Waals surface area contributed by atoms with E-state index in [9.17, 15) is 4.79 Å². The van der Waals surface area contributed by atoms with Gasteiger partial charge in [0, 0.05) is 18.9 Å². The van der Waals surface area contributed by atoms with Crippen LogP contribution in [0.4, 0.5) is 0 Å². The van der Waals surface area contributed by atoms with Gasteiger partial charge in [-0.15, -0.1) is 0 Å². The summed E-state index contributed by atoms with van der Waals surface area (Å²) in [5, 5.41) is 7.74. The van der Waals surface area contributed by atoms with Gasteiger partial charge in [-0.05, 0) is 39.6 Å². The van der Waals surface area contributed by atoms with E-state index in [2.05, 4.69) is 38.2 Å². The van der Waals surface area contributed by atoms with Crippen LogP contribution in [0.2, 0.25) is 0 Å². The second kappa shape index (κ2) is 7.89. The molecule has 116 valence electrons. The topological polar surface area (TPSA) is 54.9 Å². The van der Waals surface area contributed by atoms with Gasteiger partial charge in [0.05, 0.1) is 5.75 Å². The van der Waals surface area contributed by atoms with E-state index < -0.39 is 0 Å². The maximum atomic E-state index is 12.0. The Balaban J connectivity index is 1.57. The van der Waals surface area contributed by atoms with Gasteiger partial charge in [0.25, 0.3) is 0 Å². The van der Waals surface area contributed by atoms with Crippen LogP contribution in [0, 0.1) is 0 Å². The summed E-state index contributed by atoms with van der Waals surface area (Å²) < 4.78 is 0. The lowest BCUT2D eigenvalue weighted by Crippen LogP contribution is -2.24. The number of amides is 1. The van der Waals surface area contributed by atoms with Crippen molar-refractivity contribution >= 4 is 29.0 Å². The predicted molar refractivity (Wildman–Crippen MR) is 94.4 cm³/mol. The first kappa shape index (κ1) is 15.7. The SMILES string of the molecule is O=C(CSc1ncccn1)NCc1ccccc1-c1ccsc1. The van der Waals surface area contributed by atoms with Crippen LogP contribution in [-0.4, -0.2) is 21.6 Å². The number of thiophene rings is 1. The van der Waals surface area contributed by atoms with Gasteiger partial charge in [0.1, 0.15) is 0 Å². The molecule has 0 unspecified atom stereocenters. The van der Waals surface area contributed by atoms with E-state index in [0.29, 0.717) is 17.5 Å². The molecule has 0 saturated carbocycles. The summed E-state index contributed by atoms with van der Waals surface area (Å²) in [7, 11) is 0. The Morgan fingerprint density at radius 2 is 1.96 bits per heavy atom. The molecule has 0 radical (unpaired) electrons. The van der Waals surface area contributed by atoms with E-state index in [0.717, 1.165) is 11.1 Å². The fourth-order valence-corrected chi connectivity index (χ4v) is 3.40. The van der Waals surface area contributed by atoms with Crippen molar-refractivity contribution in [3.63, 3.8) is 0 Å². The molecule has 0 aliphatic carbocycles. The normalized spacial score (nSPS) is 10.4. The minimum Gasteiger partial charge on any atom is -0.351 e. The molecule has 1 N–H and O–H groups in total. The smallest absolute Gasteiger partial charge is 0.230 e. The highest BCUT2D eigenvalue weighted by Gasteiger charge is 2.08. The first-order chi connectivity index (χ1) is 11.3. The van der Waals surface area contributed by atoms with Gasteiger partial charge in [0.15, 0.2) is 5.16 Å². The van der Waals surface area contributed by atoms with Crippen molar-refractivity contribution in [3.8, 4) is 11.1 Å². The quantitative estimate of drug-likeness (QED) is 0.550. The molecule has 1 amide bonds. The van der Waals surface area contributed by atoms with Crippen molar-refractivity contribution < 1.29 is 4.79 Å². The number of aromatic nitrogens is 2. The summed E-state index contributed by atoms with van der Waals surface area (Å²) in [6.07, 6.45) is 3.34. The molecule has 6 heteroatoms. The standard InChI is InChI=1S/C17H15N3OS2/c21-16(12-23-17-18-7-3-8-19-17)20-10-13-4-1-2-5-15(13)14-6-9-22-11-14/h1-9,11H,10,12H2,(H,20,21). The lowest BCUT2D eigenvalue weighted by molar-refractivity contribution is -0.118. The number of nitrogens with one attached hydrogen (secondary N) is 1. The third-order valence-corrected chi connectivity index (χ3v) is 4.76. The molecule has 0 aliphatic heterocycles. The van der Waals surface area contributed by atoms with E-state index in [1.807, 2.05) is 18.2 Å². The lowest BCUT2D eigenvalue weighted by atomic mass is 10.0. The van der Waals surface area contributed by atoms with Gasteiger partial charge >= 0.3 is 0 Å². The Morgan fingerprint density at radius 3 is 2.74 bits per heavy atom.